The second kappa shape index (κ2) is 6.03. The van der Waals surface area contributed by atoms with Gasteiger partial charge in [0.2, 0.25) is 10.0 Å². The quantitative estimate of drug-likeness (QED) is 0.842. The summed E-state index contributed by atoms with van der Waals surface area (Å²) in [5.41, 5.74) is 0.0629. The molecule has 1 atom stereocenters. The average molecular weight is 285 g/mol. The zero-order valence-corrected chi connectivity index (χ0v) is 12.8. The third-order valence-electron chi connectivity index (χ3n) is 3.07. The molecule has 0 fully saturated rings. The van der Waals surface area contributed by atoms with E-state index in [0.717, 1.165) is 12.0 Å². The van der Waals surface area contributed by atoms with Crippen LogP contribution < -0.4 is 4.72 Å². The molecule has 5 heteroatoms. The number of benzene rings is 1. The standard InChI is InChI=1S/C14H23NO3S/c1-5-11(2)12-6-8-13(9-7-12)19(17,18)15-10-14(3,4)16/h6-9,11,15-16H,5,10H2,1-4H3. The van der Waals surface area contributed by atoms with Crippen LogP contribution in [0.15, 0.2) is 29.2 Å². The minimum atomic E-state index is -3.55. The molecule has 0 amide bonds. The Morgan fingerprint density at radius 1 is 1.26 bits per heavy atom. The summed E-state index contributed by atoms with van der Waals surface area (Å²) in [6, 6.07) is 6.89. The summed E-state index contributed by atoms with van der Waals surface area (Å²) in [6.45, 7) is 7.31. The maximum atomic E-state index is 12.0. The fourth-order valence-electron chi connectivity index (χ4n) is 1.57. The molecule has 1 rings (SSSR count). The molecule has 2 N–H and O–H groups in total. The molecular formula is C14H23NO3S. The van der Waals surface area contributed by atoms with Crippen LogP contribution in [0.25, 0.3) is 0 Å². The van der Waals surface area contributed by atoms with E-state index >= 15 is 0 Å². The molecule has 0 aliphatic rings. The molecule has 0 saturated carbocycles. The first-order valence-corrected chi connectivity index (χ1v) is 7.96. The predicted molar refractivity (Wildman–Crippen MR) is 76.6 cm³/mol. The Bertz CT molecular complexity index is 500. The molecule has 4 nitrogen and oxygen atoms in total. The van der Waals surface area contributed by atoms with Crippen LogP contribution in [0.2, 0.25) is 0 Å². The lowest BCUT2D eigenvalue weighted by atomic mass is 9.99. The summed E-state index contributed by atoms with van der Waals surface area (Å²) in [7, 11) is -3.55. The van der Waals surface area contributed by atoms with Crippen LogP contribution in [0.5, 0.6) is 0 Å². The molecule has 1 aromatic carbocycles. The molecule has 0 aromatic heterocycles. The number of aliphatic hydroxyl groups is 1. The number of hydrogen-bond donors (Lipinski definition) is 2. The summed E-state index contributed by atoms with van der Waals surface area (Å²) in [5.74, 6) is 0.418. The average Bonchev–Trinajstić information content (AvgIpc) is 2.35. The fourth-order valence-corrected chi connectivity index (χ4v) is 2.77. The maximum Gasteiger partial charge on any atom is 0.240 e. The van der Waals surface area contributed by atoms with Crippen LogP contribution in [0.3, 0.4) is 0 Å². The van der Waals surface area contributed by atoms with Crippen molar-refractivity contribution in [3.63, 3.8) is 0 Å². The largest absolute Gasteiger partial charge is 0.389 e. The second-order valence-corrected chi connectivity index (χ2v) is 7.28. The lowest BCUT2D eigenvalue weighted by Gasteiger charge is -2.18. The minimum absolute atomic E-state index is 0.0115. The van der Waals surface area contributed by atoms with Gasteiger partial charge in [0.15, 0.2) is 0 Å². The monoisotopic (exact) mass is 285 g/mol. The van der Waals surface area contributed by atoms with Gasteiger partial charge in [-0.25, -0.2) is 13.1 Å². The van der Waals surface area contributed by atoms with Gasteiger partial charge in [-0.1, -0.05) is 26.0 Å². The zero-order valence-electron chi connectivity index (χ0n) is 12.0. The van der Waals surface area contributed by atoms with Gasteiger partial charge in [0.05, 0.1) is 10.5 Å². The Kier molecular flexibility index (Phi) is 5.12. The third-order valence-corrected chi connectivity index (χ3v) is 4.48. The molecular weight excluding hydrogens is 262 g/mol. The summed E-state index contributed by atoms with van der Waals surface area (Å²) in [6.07, 6.45) is 1.02. The van der Waals surface area contributed by atoms with E-state index in [1.807, 2.05) is 12.1 Å². The first-order valence-electron chi connectivity index (χ1n) is 6.48. The normalized spacial score (nSPS) is 14.4. The smallest absolute Gasteiger partial charge is 0.240 e. The van der Waals surface area contributed by atoms with Crippen LogP contribution >= 0.6 is 0 Å². The molecule has 0 saturated heterocycles. The SMILES string of the molecule is CCC(C)c1ccc(S(=O)(=O)NCC(C)(C)O)cc1. The molecule has 0 bridgehead atoms. The highest BCUT2D eigenvalue weighted by Crippen LogP contribution is 2.20. The molecule has 1 aromatic rings. The highest BCUT2D eigenvalue weighted by molar-refractivity contribution is 7.89. The molecule has 0 radical (unpaired) electrons. The van der Waals surface area contributed by atoms with Gasteiger partial charge in [-0.2, -0.15) is 0 Å². The Balaban J connectivity index is 2.85. The van der Waals surface area contributed by atoms with Crippen LogP contribution in [0, 0.1) is 0 Å². The number of nitrogens with one attached hydrogen (secondary N) is 1. The summed E-state index contributed by atoms with van der Waals surface area (Å²) >= 11 is 0. The van der Waals surface area contributed by atoms with Crippen molar-refractivity contribution in [1.29, 1.82) is 0 Å². The number of sulfonamides is 1. The summed E-state index contributed by atoms with van der Waals surface area (Å²) < 4.78 is 26.4. The Morgan fingerprint density at radius 2 is 1.79 bits per heavy atom. The van der Waals surface area contributed by atoms with Crippen molar-refractivity contribution in [1.82, 2.24) is 4.72 Å². The summed E-state index contributed by atoms with van der Waals surface area (Å²) in [5, 5.41) is 9.55. The van der Waals surface area contributed by atoms with Crippen LogP contribution in [0.4, 0.5) is 0 Å². The van der Waals surface area contributed by atoms with Gasteiger partial charge < -0.3 is 5.11 Å². The number of rotatable bonds is 6. The topological polar surface area (TPSA) is 66.4 Å². The molecule has 0 aliphatic carbocycles. The molecule has 19 heavy (non-hydrogen) atoms. The van der Waals surface area contributed by atoms with Crippen LogP contribution in [0.1, 0.15) is 45.6 Å². The van der Waals surface area contributed by atoms with E-state index in [2.05, 4.69) is 18.6 Å². The second-order valence-electron chi connectivity index (χ2n) is 5.52. The lowest BCUT2D eigenvalue weighted by molar-refractivity contribution is 0.0857. The van der Waals surface area contributed by atoms with E-state index < -0.39 is 15.6 Å². The highest BCUT2D eigenvalue weighted by Gasteiger charge is 2.19. The maximum absolute atomic E-state index is 12.0. The van der Waals surface area contributed by atoms with E-state index in [-0.39, 0.29) is 11.4 Å². The van der Waals surface area contributed by atoms with Crippen molar-refractivity contribution in [2.75, 3.05) is 6.54 Å². The third kappa shape index (κ3) is 4.93. The zero-order chi connectivity index (χ0) is 14.7. The Labute approximate surface area is 115 Å². The van der Waals surface area contributed by atoms with Gasteiger partial charge >= 0.3 is 0 Å². The first-order chi connectivity index (χ1) is 8.65. The van der Waals surface area contributed by atoms with Crippen LogP contribution in [-0.4, -0.2) is 25.7 Å². The van der Waals surface area contributed by atoms with Crippen molar-refractivity contribution in [3.8, 4) is 0 Å². The van der Waals surface area contributed by atoms with Gasteiger partial charge in [-0.15, -0.1) is 0 Å². The van der Waals surface area contributed by atoms with Gasteiger partial charge in [-0.3, -0.25) is 0 Å². The van der Waals surface area contributed by atoms with Crippen molar-refractivity contribution in [3.05, 3.63) is 29.8 Å². The highest BCUT2D eigenvalue weighted by atomic mass is 32.2. The molecule has 108 valence electrons. The predicted octanol–water partition coefficient (Wildman–Crippen LogP) is 2.25. The van der Waals surface area contributed by atoms with E-state index in [1.54, 1.807) is 26.0 Å². The molecule has 0 aliphatic heterocycles. The van der Waals surface area contributed by atoms with Crippen molar-refractivity contribution in [2.24, 2.45) is 0 Å². The van der Waals surface area contributed by atoms with E-state index in [4.69, 9.17) is 0 Å². The van der Waals surface area contributed by atoms with Crippen molar-refractivity contribution < 1.29 is 13.5 Å². The molecule has 0 heterocycles. The van der Waals surface area contributed by atoms with E-state index in [0.29, 0.717) is 5.92 Å². The van der Waals surface area contributed by atoms with Gasteiger partial charge in [0, 0.05) is 6.54 Å². The minimum Gasteiger partial charge on any atom is -0.389 e. The van der Waals surface area contributed by atoms with Crippen molar-refractivity contribution in [2.45, 2.75) is 50.5 Å². The van der Waals surface area contributed by atoms with Crippen LogP contribution in [-0.2, 0) is 10.0 Å². The molecule has 0 spiro atoms. The first kappa shape index (κ1) is 16.1. The summed E-state index contributed by atoms with van der Waals surface area (Å²) in [4.78, 5) is 0.226. The van der Waals surface area contributed by atoms with E-state index in [1.165, 1.54) is 0 Å². The lowest BCUT2D eigenvalue weighted by Crippen LogP contribution is -2.38. The Morgan fingerprint density at radius 3 is 2.21 bits per heavy atom. The Hall–Kier alpha value is -0.910. The van der Waals surface area contributed by atoms with Gasteiger partial charge in [0.1, 0.15) is 0 Å². The van der Waals surface area contributed by atoms with Gasteiger partial charge in [0.25, 0.3) is 0 Å². The fraction of sp³-hybridized carbons (Fsp3) is 0.571. The molecule has 1 unspecified atom stereocenters. The number of hydrogen-bond acceptors (Lipinski definition) is 3. The van der Waals surface area contributed by atoms with E-state index in [9.17, 15) is 13.5 Å². The van der Waals surface area contributed by atoms with Crippen molar-refractivity contribution >= 4 is 10.0 Å². The van der Waals surface area contributed by atoms with Gasteiger partial charge in [-0.05, 0) is 43.9 Å².